The summed E-state index contributed by atoms with van der Waals surface area (Å²) in [6, 6.07) is 10.1. The second-order valence-electron chi connectivity index (χ2n) is 6.22. The van der Waals surface area contributed by atoms with E-state index in [1.54, 1.807) is 50.4 Å². The van der Waals surface area contributed by atoms with Gasteiger partial charge in [-0.1, -0.05) is 0 Å². The Morgan fingerprint density at radius 1 is 1.14 bits per heavy atom. The summed E-state index contributed by atoms with van der Waals surface area (Å²) in [6.45, 7) is 1.11. The number of ether oxygens (including phenoxy) is 2. The van der Waals surface area contributed by atoms with Crippen molar-refractivity contribution in [2.45, 2.75) is 13.3 Å². The Balaban J connectivity index is 1.89. The highest BCUT2D eigenvalue weighted by Crippen LogP contribution is 2.28. The molecule has 0 atom stereocenters. The van der Waals surface area contributed by atoms with E-state index < -0.39 is 18.4 Å². The molecule has 3 N–H and O–H groups in total. The molecule has 3 rings (SSSR count). The summed E-state index contributed by atoms with van der Waals surface area (Å²) >= 11 is 0. The lowest BCUT2D eigenvalue weighted by Crippen LogP contribution is -2.30. The number of carboxylic acid groups (broad SMARTS) is 1. The molecule has 9 nitrogen and oxygen atoms in total. The van der Waals surface area contributed by atoms with E-state index in [4.69, 9.17) is 14.6 Å². The quantitative estimate of drug-likeness (QED) is 0.682. The van der Waals surface area contributed by atoms with Gasteiger partial charge in [0.2, 0.25) is 5.88 Å². The zero-order valence-corrected chi connectivity index (χ0v) is 15.8. The minimum atomic E-state index is -1.20. The number of fused-ring (bicyclic) bond motifs is 1. The first kappa shape index (κ1) is 19.9. The number of aromatic nitrogens is 1. The fourth-order valence-electron chi connectivity index (χ4n) is 2.70. The smallest absolute Gasteiger partial charge is 0.322 e. The normalized spacial score (nSPS) is 13.1. The molecule has 9 heteroatoms. The number of aliphatic imine (C=N–C) groups is 1. The molecule has 0 saturated heterocycles. The number of carboxylic acids is 1. The zero-order chi connectivity index (χ0) is 21.0. The SMILES string of the molecule is COc1ccc(Oc2ccc3c(n2)CC(C)=NC(C(=O)NCC(=O)O)=C3O)cc1. The molecule has 0 radical (unpaired) electrons. The van der Waals surface area contributed by atoms with Gasteiger partial charge in [-0.15, -0.1) is 0 Å². The zero-order valence-electron chi connectivity index (χ0n) is 15.8. The third-order valence-corrected chi connectivity index (χ3v) is 4.05. The minimum Gasteiger partial charge on any atom is -0.505 e. The van der Waals surface area contributed by atoms with Crippen molar-refractivity contribution in [1.82, 2.24) is 10.3 Å². The Kier molecular flexibility index (Phi) is 5.77. The summed E-state index contributed by atoms with van der Waals surface area (Å²) in [7, 11) is 1.57. The van der Waals surface area contributed by atoms with Crippen LogP contribution < -0.4 is 14.8 Å². The van der Waals surface area contributed by atoms with Crippen LogP contribution in [0.5, 0.6) is 17.4 Å². The van der Waals surface area contributed by atoms with Crippen LogP contribution in [0.4, 0.5) is 0 Å². The van der Waals surface area contributed by atoms with Crippen molar-refractivity contribution in [2.75, 3.05) is 13.7 Å². The summed E-state index contributed by atoms with van der Waals surface area (Å²) in [5.41, 5.74) is 1.09. The van der Waals surface area contributed by atoms with Crippen molar-refractivity contribution in [3.63, 3.8) is 0 Å². The van der Waals surface area contributed by atoms with Crippen molar-refractivity contribution >= 4 is 23.3 Å². The Morgan fingerprint density at radius 3 is 2.48 bits per heavy atom. The molecule has 0 fully saturated rings. The number of methoxy groups -OCH3 is 1. The van der Waals surface area contributed by atoms with E-state index >= 15 is 0 Å². The van der Waals surface area contributed by atoms with Gasteiger partial charge < -0.3 is 25.0 Å². The molecule has 0 aliphatic carbocycles. The predicted molar refractivity (Wildman–Crippen MR) is 104 cm³/mol. The molecule has 1 aromatic heterocycles. The highest BCUT2D eigenvalue weighted by Gasteiger charge is 2.23. The number of aliphatic carboxylic acids is 1. The van der Waals surface area contributed by atoms with Crippen LogP contribution in [-0.4, -0.2) is 46.4 Å². The maximum atomic E-state index is 12.2. The van der Waals surface area contributed by atoms with Crippen molar-refractivity contribution in [3.8, 4) is 17.4 Å². The second-order valence-corrected chi connectivity index (χ2v) is 6.22. The van der Waals surface area contributed by atoms with Gasteiger partial charge in [0, 0.05) is 23.8 Å². The number of hydrogen-bond acceptors (Lipinski definition) is 7. The number of benzene rings is 1. The van der Waals surface area contributed by atoms with Gasteiger partial charge in [0.15, 0.2) is 11.5 Å². The van der Waals surface area contributed by atoms with E-state index in [9.17, 15) is 14.7 Å². The number of amides is 1. The third-order valence-electron chi connectivity index (χ3n) is 4.05. The van der Waals surface area contributed by atoms with Gasteiger partial charge in [-0.3, -0.25) is 9.59 Å². The molecule has 150 valence electrons. The number of aliphatic hydroxyl groups is 1. The van der Waals surface area contributed by atoms with Gasteiger partial charge in [-0.25, -0.2) is 9.98 Å². The highest BCUT2D eigenvalue weighted by atomic mass is 16.5. The van der Waals surface area contributed by atoms with E-state index in [0.717, 1.165) is 0 Å². The number of nitrogens with one attached hydrogen (secondary N) is 1. The van der Waals surface area contributed by atoms with Crippen molar-refractivity contribution in [1.29, 1.82) is 0 Å². The number of hydrogen-bond donors (Lipinski definition) is 3. The Morgan fingerprint density at radius 2 is 1.83 bits per heavy atom. The highest BCUT2D eigenvalue weighted by molar-refractivity contribution is 6.04. The molecule has 2 aromatic rings. The summed E-state index contributed by atoms with van der Waals surface area (Å²) < 4.78 is 10.9. The van der Waals surface area contributed by atoms with Crippen LogP contribution in [0.2, 0.25) is 0 Å². The Labute approximate surface area is 166 Å². The molecule has 0 saturated carbocycles. The number of rotatable bonds is 6. The van der Waals surface area contributed by atoms with Crippen molar-refractivity contribution in [3.05, 3.63) is 53.4 Å². The van der Waals surface area contributed by atoms with Gasteiger partial charge in [0.25, 0.3) is 5.91 Å². The molecular formula is C20H19N3O6. The average Bonchev–Trinajstić information content (AvgIpc) is 2.82. The monoisotopic (exact) mass is 397 g/mol. The van der Waals surface area contributed by atoms with Crippen molar-refractivity contribution in [2.24, 2.45) is 4.99 Å². The van der Waals surface area contributed by atoms with Crippen LogP contribution in [0.3, 0.4) is 0 Å². The first-order chi connectivity index (χ1) is 13.9. The lowest BCUT2D eigenvalue weighted by Gasteiger charge is -2.10. The van der Waals surface area contributed by atoms with E-state index in [1.807, 2.05) is 0 Å². The van der Waals surface area contributed by atoms with Gasteiger partial charge in [-0.05, 0) is 37.3 Å². The maximum Gasteiger partial charge on any atom is 0.322 e. The van der Waals surface area contributed by atoms with E-state index in [-0.39, 0.29) is 17.9 Å². The Bertz CT molecular complexity index is 1010. The molecule has 0 unspecified atom stereocenters. The fraction of sp³-hybridized carbons (Fsp3) is 0.200. The fourth-order valence-corrected chi connectivity index (χ4v) is 2.70. The number of aliphatic hydroxyl groups excluding tert-OH is 1. The largest absolute Gasteiger partial charge is 0.505 e. The van der Waals surface area contributed by atoms with Gasteiger partial charge in [0.05, 0.1) is 12.8 Å². The van der Waals surface area contributed by atoms with Crippen LogP contribution in [0.15, 0.2) is 47.1 Å². The molecule has 1 aliphatic heterocycles. The van der Waals surface area contributed by atoms with E-state index in [2.05, 4.69) is 15.3 Å². The van der Waals surface area contributed by atoms with Crippen molar-refractivity contribution < 1.29 is 29.3 Å². The molecular weight excluding hydrogens is 378 g/mol. The van der Waals surface area contributed by atoms with Gasteiger partial charge in [0.1, 0.15) is 18.0 Å². The average molecular weight is 397 g/mol. The summed E-state index contributed by atoms with van der Waals surface area (Å²) in [5.74, 6) is -0.782. The van der Waals surface area contributed by atoms with Gasteiger partial charge >= 0.3 is 5.97 Å². The molecule has 1 amide bonds. The number of carbonyl (C=O) groups excluding carboxylic acids is 1. The molecule has 0 bridgehead atoms. The minimum absolute atomic E-state index is 0.256. The standard InChI is InChI=1S/C20H19N3O6/c1-11-9-15-14(19(26)18(22-11)20(27)21-10-17(24)25)7-8-16(23-15)29-13-5-3-12(28-2)4-6-13/h3-8,26H,9-10H2,1-2H3,(H,21,27)(H,24,25). The number of pyridine rings is 1. The van der Waals surface area contributed by atoms with Crippen LogP contribution in [-0.2, 0) is 16.0 Å². The summed E-state index contributed by atoms with van der Waals surface area (Å²) in [4.78, 5) is 31.4. The number of nitrogens with zero attached hydrogens (tertiary/aromatic N) is 2. The second kappa shape index (κ2) is 8.42. The van der Waals surface area contributed by atoms with E-state index in [0.29, 0.717) is 34.3 Å². The van der Waals surface area contributed by atoms with Crippen LogP contribution in [0.1, 0.15) is 18.2 Å². The maximum absolute atomic E-state index is 12.2. The number of carbonyl (C=O) groups is 2. The van der Waals surface area contributed by atoms with Gasteiger partial charge in [-0.2, -0.15) is 0 Å². The summed E-state index contributed by atoms with van der Waals surface area (Å²) in [5, 5.41) is 21.5. The van der Waals surface area contributed by atoms with Crippen LogP contribution >= 0.6 is 0 Å². The Hall–Kier alpha value is -3.88. The summed E-state index contributed by atoms with van der Waals surface area (Å²) in [6.07, 6.45) is 0.287. The molecule has 1 aromatic carbocycles. The first-order valence-corrected chi connectivity index (χ1v) is 8.67. The van der Waals surface area contributed by atoms with Crippen LogP contribution in [0.25, 0.3) is 5.76 Å². The van der Waals surface area contributed by atoms with Crippen LogP contribution in [0, 0.1) is 0 Å². The predicted octanol–water partition coefficient (Wildman–Crippen LogP) is 2.33. The molecule has 29 heavy (non-hydrogen) atoms. The topological polar surface area (TPSA) is 130 Å². The lowest BCUT2D eigenvalue weighted by molar-refractivity contribution is -0.137. The lowest BCUT2D eigenvalue weighted by atomic mass is 10.1. The first-order valence-electron chi connectivity index (χ1n) is 8.67. The third kappa shape index (κ3) is 4.70. The molecule has 1 aliphatic rings. The van der Waals surface area contributed by atoms with E-state index in [1.165, 1.54) is 0 Å². The molecule has 0 spiro atoms. The molecule has 2 heterocycles.